The van der Waals surface area contributed by atoms with Crippen molar-refractivity contribution in [3.05, 3.63) is 34.9 Å². The first-order valence-corrected chi connectivity index (χ1v) is 8.65. The maximum atomic E-state index is 12.0. The summed E-state index contributed by atoms with van der Waals surface area (Å²) in [6.45, 7) is 0.385. The molecule has 0 bridgehead atoms. The standard InChI is InChI=1S/C17H26ClN3O2/c18-14-9-5-4-8-13(14)11-20-21-17(23)16(22)15(19)10-12-6-2-1-3-7-12/h4-5,8-9,12,15-16,20,22H,1-3,6-7,10-11,19H2,(H,21,23)/t15-,16?/m1/s1. The molecule has 5 N–H and O–H groups in total. The van der Waals surface area contributed by atoms with E-state index in [0.29, 0.717) is 23.9 Å². The van der Waals surface area contributed by atoms with Crippen molar-refractivity contribution in [3.8, 4) is 0 Å². The smallest absolute Gasteiger partial charge is 0.264 e. The second-order valence-electron chi connectivity index (χ2n) is 6.28. The van der Waals surface area contributed by atoms with Gasteiger partial charge in [0.25, 0.3) is 5.91 Å². The Morgan fingerprint density at radius 2 is 2.00 bits per heavy atom. The molecule has 0 aliphatic heterocycles. The highest BCUT2D eigenvalue weighted by Gasteiger charge is 2.26. The highest BCUT2D eigenvalue weighted by molar-refractivity contribution is 6.31. The zero-order chi connectivity index (χ0) is 16.7. The molecule has 1 fully saturated rings. The van der Waals surface area contributed by atoms with E-state index in [1.165, 1.54) is 19.3 Å². The normalized spacial score (nSPS) is 18.4. The number of hydrazine groups is 1. The number of benzene rings is 1. The average Bonchev–Trinajstić information content (AvgIpc) is 2.56. The van der Waals surface area contributed by atoms with Crippen LogP contribution in [0.3, 0.4) is 0 Å². The molecule has 0 heterocycles. The van der Waals surface area contributed by atoms with E-state index in [9.17, 15) is 9.90 Å². The third-order valence-corrected chi connectivity index (χ3v) is 4.82. The molecule has 128 valence electrons. The van der Waals surface area contributed by atoms with Crippen molar-refractivity contribution in [2.24, 2.45) is 11.7 Å². The molecule has 0 radical (unpaired) electrons. The summed E-state index contributed by atoms with van der Waals surface area (Å²) >= 11 is 6.04. The Morgan fingerprint density at radius 1 is 1.30 bits per heavy atom. The molecule has 1 aliphatic carbocycles. The third kappa shape index (κ3) is 5.77. The van der Waals surface area contributed by atoms with Gasteiger partial charge in [-0.3, -0.25) is 10.2 Å². The number of nitrogens with one attached hydrogen (secondary N) is 2. The maximum absolute atomic E-state index is 12.0. The van der Waals surface area contributed by atoms with Crippen LogP contribution in [0.25, 0.3) is 0 Å². The largest absolute Gasteiger partial charge is 0.382 e. The fourth-order valence-electron chi connectivity index (χ4n) is 3.07. The van der Waals surface area contributed by atoms with Crippen molar-refractivity contribution >= 4 is 17.5 Å². The molecule has 1 amide bonds. The zero-order valence-electron chi connectivity index (χ0n) is 13.3. The Labute approximate surface area is 142 Å². The van der Waals surface area contributed by atoms with Crippen molar-refractivity contribution < 1.29 is 9.90 Å². The van der Waals surface area contributed by atoms with Gasteiger partial charge in [0.05, 0.1) is 0 Å². The van der Waals surface area contributed by atoms with Gasteiger partial charge in [-0.25, -0.2) is 5.43 Å². The minimum atomic E-state index is -1.20. The lowest BCUT2D eigenvalue weighted by Crippen LogP contribution is -2.50. The van der Waals surface area contributed by atoms with E-state index in [2.05, 4.69) is 10.9 Å². The molecule has 1 aliphatic rings. The number of rotatable bonds is 7. The van der Waals surface area contributed by atoms with Crippen molar-refractivity contribution in [3.63, 3.8) is 0 Å². The van der Waals surface area contributed by atoms with Gasteiger partial charge in [-0.1, -0.05) is 61.9 Å². The summed E-state index contributed by atoms with van der Waals surface area (Å²) in [5, 5.41) is 10.7. The molecule has 6 heteroatoms. The van der Waals surface area contributed by atoms with E-state index in [1.807, 2.05) is 18.2 Å². The quantitative estimate of drug-likeness (QED) is 0.573. The third-order valence-electron chi connectivity index (χ3n) is 4.45. The van der Waals surface area contributed by atoms with Crippen LogP contribution in [0.4, 0.5) is 0 Å². The topological polar surface area (TPSA) is 87.4 Å². The number of carbonyl (C=O) groups excluding carboxylic acids is 1. The molecule has 2 rings (SSSR count). The lowest BCUT2D eigenvalue weighted by atomic mass is 9.84. The van der Waals surface area contributed by atoms with E-state index in [4.69, 9.17) is 17.3 Å². The molecule has 1 unspecified atom stereocenters. The van der Waals surface area contributed by atoms with Gasteiger partial charge in [0.1, 0.15) is 6.10 Å². The van der Waals surface area contributed by atoms with Gasteiger partial charge >= 0.3 is 0 Å². The highest BCUT2D eigenvalue weighted by atomic mass is 35.5. The lowest BCUT2D eigenvalue weighted by molar-refractivity contribution is -0.131. The number of aliphatic hydroxyl groups excluding tert-OH is 1. The highest BCUT2D eigenvalue weighted by Crippen LogP contribution is 2.27. The van der Waals surface area contributed by atoms with Gasteiger partial charge in [0.15, 0.2) is 0 Å². The number of aliphatic hydroxyl groups is 1. The first-order chi connectivity index (χ1) is 11.1. The van der Waals surface area contributed by atoms with Crippen molar-refractivity contribution in [2.75, 3.05) is 0 Å². The van der Waals surface area contributed by atoms with E-state index < -0.39 is 18.1 Å². The summed E-state index contributed by atoms with van der Waals surface area (Å²) in [6, 6.07) is 6.85. The van der Waals surface area contributed by atoms with E-state index in [0.717, 1.165) is 18.4 Å². The second kappa shape index (κ2) is 9.23. The summed E-state index contributed by atoms with van der Waals surface area (Å²) in [5.41, 5.74) is 12.1. The summed E-state index contributed by atoms with van der Waals surface area (Å²) in [5.74, 6) is 0.0256. The van der Waals surface area contributed by atoms with Crippen LogP contribution < -0.4 is 16.6 Å². The van der Waals surface area contributed by atoms with Gasteiger partial charge in [-0.2, -0.15) is 0 Å². The molecule has 5 nitrogen and oxygen atoms in total. The Balaban J connectivity index is 1.72. The molecule has 23 heavy (non-hydrogen) atoms. The van der Waals surface area contributed by atoms with Gasteiger partial charge in [0, 0.05) is 17.6 Å². The summed E-state index contributed by atoms with van der Waals surface area (Å²) in [7, 11) is 0. The van der Waals surface area contributed by atoms with Gasteiger partial charge in [-0.15, -0.1) is 0 Å². The number of nitrogens with two attached hydrogens (primary N) is 1. The van der Waals surface area contributed by atoms with Crippen LogP contribution in [0, 0.1) is 5.92 Å². The van der Waals surface area contributed by atoms with E-state index in [-0.39, 0.29) is 0 Å². The molecular weight excluding hydrogens is 314 g/mol. The van der Waals surface area contributed by atoms with Crippen molar-refractivity contribution in [1.82, 2.24) is 10.9 Å². The Bertz CT molecular complexity index is 506. The van der Waals surface area contributed by atoms with Gasteiger partial charge < -0.3 is 10.8 Å². The van der Waals surface area contributed by atoms with Crippen LogP contribution in [0.5, 0.6) is 0 Å². The fourth-order valence-corrected chi connectivity index (χ4v) is 3.28. The lowest BCUT2D eigenvalue weighted by Gasteiger charge is -2.26. The molecule has 1 saturated carbocycles. The zero-order valence-corrected chi connectivity index (χ0v) is 14.1. The monoisotopic (exact) mass is 339 g/mol. The molecule has 0 spiro atoms. The number of hydrogen-bond donors (Lipinski definition) is 4. The summed E-state index contributed by atoms with van der Waals surface area (Å²) < 4.78 is 0. The maximum Gasteiger partial charge on any atom is 0.264 e. The van der Waals surface area contributed by atoms with Crippen LogP contribution in [0.1, 0.15) is 44.1 Å². The van der Waals surface area contributed by atoms with Crippen LogP contribution in [0.15, 0.2) is 24.3 Å². The minimum absolute atomic E-state index is 0.385. The Hall–Kier alpha value is -1.14. The predicted molar refractivity (Wildman–Crippen MR) is 91.6 cm³/mol. The van der Waals surface area contributed by atoms with Crippen molar-refractivity contribution in [2.45, 2.75) is 57.2 Å². The SMILES string of the molecule is N[C@H](CC1CCCCC1)C(O)C(=O)NNCc1ccccc1Cl. The van der Waals surface area contributed by atoms with Crippen molar-refractivity contribution in [1.29, 1.82) is 0 Å². The van der Waals surface area contributed by atoms with Crippen LogP contribution in [0.2, 0.25) is 5.02 Å². The van der Waals surface area contributed by atoms with E-state index in [1.54, 1.807) is 6.07 Å². The number of halogens is 1. The number of carbonyl (C=O) groups is 1. The summed E-state index contributed by atoms with van der Waals surface area (Å²) in [6.07, 6.45) is 5.51. The molecule has 1 aromatic rings. The summed E-state index contributed by atoms with van der Waals surface area (Å²) in [4.78, 5) is 12.0. The molecule has 0 saturated heterocycles. The van der Waals surface area contributed by atoms with Crippen LogP contribution in [-0.4, -0.2) is 23.2 Å². The van der Waals surface area contributed by atoms with Crippen LogP contribution in [-0.2, 0) is 11.3 Å². The average molecular weight is 340 g/mol. The number of amides is 1. The van der Waals surface area contributed by atoms with E-state index >= 15 is 0 Å². The first-order valence-electron chi connectivity index (χ1n) is 8.27. The van der Waals surface area contributed by atoms with Gasteiger partial charge in [-0.05, 0) is 24.0 Å². The molecule has 0 aromatic heterocycles. The Morgan fingerprint density at radius 3 is 2.70 bits per heavy atom. The Kier molecular flexibility index (Phi) is 7.30. The number of hydrogen-bond acceptors (Lipinski definition) is 4. The van der Waals surface area contributed by atoms with Crippen LogP contribution >= 0.6 is 11.6 Å². The second-order valence-corrected chi connectivity index (χ2v) is 6.69. The predicted octanol–water partition coefficient (Wildman–Crippen LogP) is 2.12. The molecular formula is C17H26ClN3O2. The first kappa shape index (κ1) is 18.2. The molecule has 1 aromatic carbocycles. The van der Waals surface area contributed by atoms with Gasteiger partial charge in [0.2, 0.25) is 0 Å². The minimum Gasteiger partial charge on any atom is -0.382 e. The fraction of sp³-hybridized carbons (Fsp3) is 0.588. The molecule has 2 atom stereocenters.